The molecule has 1 amide bonds. The highest BCUT2D eigenvalue weighted by Crippen LogP contribution is 2.21. The van der Waals surface area contributed by atoms with Crippen molar-refractivity contribution >= 4 is 11.6 Å². The first kappa shape index (κ1) is 12.0. The Kier molecular flexibility index (Phi) is 3.38. The molecule has 2 atom stereocenters. The molecule has 0 aliphatic carbocycles. The number of halogens is 2. The van der Waals surface area contributed by atoms with Gasteiger partial charge in [-0.3, -0.25) is 4.79 Å². The summed E-state index contributed by atoms with van der Waals surface area (Å²) in [7, 11) is 0. The molecule has 0 spiro atoms. The number of hydrogen-bond acceptors (Lipinski definition) is 2. The van der Waals surface area contributed by atoms with Crippen LogP contribution in [0, 0.1) is 23.5 Å². The highest BCUT2D eigenvalue weighted by molar-refractivity contribution is 5.93. The molecule has 0 aromatic heterocycles. The minimum Gasteiger partial charge on any atom is -0.323 e. The molecule has 0 saturated carbocycles. The van der Waals surface area contributed by atoms with E-state index in [2.05, 4.69) is 10.6 Å². The fourth-order valence-corrected chi connectivity index (χ4v) is 1.99. The summed E-state index contributed by atoms with van der Waals surface area (Å²) < 4.78 is 26.3. The number of carbonyl (C=O) groups is 1. The van der Waals surface area contributed by atoms with Crippen molar-refractivity contribution < 1.29 is 13.6 Å². The monoisotopic (exact) mass is 240 g/mol. The number of carbonyl (C=O) groups excluding carboxylic acids is 1. The van der Waals surface area contributed by atoms with E-state index in [1.807, 2.05) is 6.92 Å². The summed E-state index contributed by atoms with van der Waals surface area (Å²) in [5.74, 6) is -2.24. The van der Waals surface area contributed by atoms with Gasteiger partial charge in [-0.1, -0.05) is 13.0 Å². The summed E-state index contributed by atoms with van der Waals surface area (Å²) in [5.41, 5.74) is -0.103. The van der Waals surface area contributed by atoms with E-state index >= 15 is 0 Å². The molecule has 0 bridgehead atoms. The average Bonchev–Trinajstić information content (AvgIpc) is 2.71. The molecule has 17 heavy (non-hydrogen) atoms. The summed E-state index contributed by atoms with van der Waals surface area (Å²) >= 11 is 0. The van der Waals surface area contributed by atoms with Crippen molar-refractivity contribution in [2.45, 2.75) is 6.92 Å². The maximum absolute atomic E-state index is 13.3. The van der Waals surface area contributed by atoms with Gasteiger partial charge in [-0.25, -0.2) is 8.78 Å². The number of hydrogen-bond donors (Lipinski definition) is 2. The number of nitrogens with one attached hydrogen (secondary N) is 2. The minimum absolute atomic E-state index is 0.103. The van der Waals surface area contributed by atoms with E-state index in [0.29, 0.717) is 6.54 Å². The normalized spacial score (nSPS) is 23.7. The second-order valence-corrected chi connectivity index (χ2v) is 4.33. The van der Waals surface area contributed by atoms with Crippen LogP contribution in [0.3, 0.4) is 0 Å². The molecular formula is C12H14F2N2O. The maximum atomic E-state index is 13.3. The first-order chi connectivity index (χ1) is 8.09. The van der Waals surface area contributed by atoms with Crippen LogP contribution in [0.5, 0.6) is 0 Å². The molecule has 2 N–H and O–H groups in total. The van der Waals surface area contributed by atoms with Gasteiger partial charge in [-0.2, -0.15) is 0 Å². The fourth-order valence-electron chi connectivity index (χ4n) is 1.99. The van der Waals surface area contributed by atoms with Gasteiger partial charge in [-0.05, 0) is 24.6 Å². The van der Waals surface area contributed by atoms with Crippen LogP contribution in [-0.2, 0) is 4.79 Å². The van der Waals surface area contributed by atoms with Crippen LogP contribution in [0.1, 0.15) is 6.92 Å². The quantitative estimate of drug-likeness (QED) is 0.827. The Hall–Kier alpha value is -1.49. The van der Waals surface area contributed by atoms with Crippen molar-refractivity contribution in [3.63, 3.8) is 0 Å². The molecule has 2 rings (SSSR count). The largest absolute Gasteiger partial charge is 0.323 e. The van der Waals surface area contributed by atoms with E-state index in [-0.39, 0.29) is 23.4 Å². The van der Waals surface area contributed by atoms with Gasteiger partial charge in [0.05, 0.1) is 11.6 Å². The topological polar surface area (TPSA) is 41.1 Å². The van der Waals surface area contributed by atoms with Gasteiger partial charge in [-0.15, -0.1) is 0 Å². The van der Waals surface area contributed by atoms with Crippen molar-refractivity contribution in [2.75, 3.05) is 18.4 Å². The van der Waals surface area contributed by atoms with Gasteiger partial charge >= 0.3 is 0 Å². The lowest BCUT2D eigenvalue weighted by molar-refractivity contribution is -0.120. The number of amides is 1. The standard InChI is InChI=1S/C12H14F2N2O/c1-7-5-15-6-8(7)12(17)16-10-4-2-3-9(13)11(10)14/h2-4,7-8,15H,5-6H2,1H3,(H,16,17)/t7-,8-/m1/s1. The molecule has 5 heteroatoms. The fraction of sp³-hybridized carbons (Fsp3) is 0.417. The van der Waals surface area contributed by atoms with Crippen LogP contribution < -0.4 is 10.6 Å². The van der Waals surface area contributed by atoms with Crippen LogP contribution in [0.25, 0.3) is 0 Å². The Morgan fingerprint density at radius 2 is 2.18 bits per heavy atom. The molecule has 92 valence electrons. The van der Waals surface area contributed by atoms with Gasteiger partial charge in [0, 0.05) is 6.54 Å². The van der Waals surface area contributed by atoms with E-state index < -0.39 is 11.6 Å². The Morgan fingerprint density at radius 1 is 1.41 bits per heavy atom. The van der Waals surface area contributed by atoms with Gasteiger partial charge < -0.3 is 10.6 Å². The molecular weight excluding hydrogens is 226 g/mol. The van der Waals surface area contributed by atoms with Crippen LogP contribution in [0.2, 0.25) is 0 Å². The number of rotatable bonds is 2. The average molecular weight is 240 g/mol. The summed E-state index contributed by atoms with van der Waals surface area (Å²) in [6.07, 6.45) is 0. The zero-order chi connectivity index (χ0) is 12.4. The number of benzene rings is 1. The van der Waals surface area contributed by atoms with Crippen molar-refractivity contribution in [1.82, 2.24) is 5.32 Å². The maximum Gasteiger partial charge on any atom is 0.229 e. The van der Waals surface area contributed by atoms with Crippen molar-refractivity contribution in [2.24, 2.45) is 11.8 Å². The lowest BCUT2D eigenvalue weighted by Gasteiger charge is -2.14. The van der Waals surface area contributed by atoms with Gasteiger partial charge in [0.1, 0.15) is 0 Å². The third kappa shape index (κ3) is 2.44. The van der Waals surface area contributed by atoms with Crippen molar-refractivity contribution in [1.29, 1.82) is 0 Å². The summed E-state index contributed by atoms with van der Waals surface area (Å²) in [6, 6.07) is 3.73. The molecule has 3 nitrogen and oxygen atoms in total. The van der Waals surface area contributed by atoms with E-state index in [1.165, 1.54) is 12.1 Å². The lowest BCUT2D eigenvalue weighted by atomic mass is 9.97. The zero-order valence-electron chi connectivity index (χ0n) is 9.47. The minimum atomic E-state index is -1.01. The van der Waals surface area contributed by atoms with Crippen LogP contribution in [0.15, 0.2) is 18.2 Å². The van der Waals surface area contributed by atoms with Crippen LogP contribution >= 0.6 is 0 Å². The van der Waals surface area contributed by atoms with Crippen LogP contribution in [0.4, 0.5) is 14.5 Å². The predicted molar refractivity (Wildman–Crippen MR) is 60.5 cm³/mol. The molecule has 1 saturated heterocycles. The highest BCUT2D eigenvalue weighted by Gasteiger charge is 2.30. The molecule has 1 aromatic carbocycles. The summed E-state index contributed by atoms with van der Waals surface area (Å²) in [5, 5.41) is 5.52. The first-order valence-electron chi connectivity index (χ1n) is 5.55. The third-order valence-electron chi connectivity index (χ3n) is 3.06. The van der Waals surface area contributed by atoms with E-state index in [4.69, 9.17) is 0 Å². The zero-order valence-corrected chi connectivity index (χ0v) is 9.47. The Morgan fingerprint density at radius 3 is 2.82 bits per heavy atom. The van der Waals surface area contributed by atoms with E-state index in [9.17, 15) is 13.6 Å². The predicted octanol–water partition coefficient (Wildman–Crippen LogP) is 1.76. The lowest BCUT2D eigenvalue weighted by Crippen LogP contribution is -2.28. The first-order valence-corrected chi connectivity index (χ1v) is 5.55. The molecule has 0 unspecified atom stereocenters. The molecule has 1 aliphatic heterocycles. The van der Waals surface area contributed by atoms with Crippen molar-refractivity contribution in [3.8, 4) is 0 Å². The molecule has 1 aromatic rings. The molecule has 1 heterocycles. The second kappa shape index (κ2) is 4.79. The third-order valence-corrected chi connectivity index (χ3v) is 3.06. The Labute approximate surface area is 98.2 Å². The van der Waals surface area contributed by atoms with Gasteiger partial charge in [0.25, 0.3) is 0 Å². The smallest absolute Gasteiger partial charge is 0.229 e. The Bertz CT molecular complexity index is 437. The second-order valence-electron chi connectivity index (χ2n) is 4.33. The van der Waals surface area contributed by atoms with Crippen LogP contribution in [-0.4, -0.2) is 19.0 Å². The van der Waals surface area contributed by atoms with Crippen molar-refractivity contribution in [3.05, 3.63) is 29.8 Å². The molecule has 1 aliphatic rings. The highest BCUT2D eigenvalue weighted by atomic mass is 19.2. The van der Waals surface area contributed by atoms with Gasteiger partial charge in [0.15, 0.2) is 11.6 Å². The molecule has 1 fully saturated rings. The number of anilines is 1. The van der Waals surface area contributed by atoms with Gasteiger partial charge in [0.2, 0.25) is 5.91 Å². The summed E-state index contributed by atoms with van der Waals surface area (Å²) in [6.45, 7) is 3.29. The van der Waals surface area contributed by atoms with E-state index in [1.54, 1.807) is 0 Å². The summed E-state index contributed by atoms with van der Waals surface area (Å²) in [4.78, 5) is 11.8. The van der Waals surface area contributed by atoms with E-state index in [0.717, 1.165) is 12.6 Å². The molecule has 0 radical (unpaired) electrons. The Balaban J connectivity index is 2.10. The SMILES string of the molecule is C[C@@H]1CNC[C@H]1C(=O)Nc1cccc(F)c1F.